The molecule has 9 nitrogen and oxygen atoms in total. The molecular formula is C22H28N2O7S. The van der Waals surface area contributed by atoms with Crippen molar-refractivity contribution in [2.45, 2.75) is 26.3 Å². The fraction of sp³-hybridized carbons (Fsp3) is 0.364. The molecule has 1 atom stereocenters. The molecule has 0 bridgehead atoms. The van der Waals surface area contributed by atoms with Gasteiger partial charge >= 0.3 is 5.97 Å². The highest BCUT2D eigenvalue weighted by atomic mass is 32.2. The van der Waals surface area contributed by atoms with E-state index in [1.807, 2.05) is 6.92 Å². The fourth-order valence-corrected chi connectivity index (χ4v) is 4.44. The van der Waals surface area contributed by atoms with Gasteiger partial charge in [0.25, 0.3) is 0 Å². The Bertz CT molecular complexity index is 1080. The first-order valence-corrected chi connectivity index (χ1v) is 11.6. The van der Waals surface area contributed by atoms with Crippen molar-refractivity contribution < 1.29 is 32.2 Å². The highest BCUT2D eigenvalue weighted by Crippen LogP contribution is 2.34. The quantitative estimate of drug-likeness (QED) is 0.568. The summed E-state index contributed by atoms with van der Waals surface area (Å²) in [6, 6.07) is 8.56. The van der Waals surface area contributed by atoms with Gasteiger partial charge < -0.3 is 19.5 Å². The SMILES string of the molecule is CCC(C(=O)Nc1cc(OC)c(OC)cc1C(=O)OC)N(c1ccc(C)cc1)S(C)(=O)=O. The normalized spacial score (nSPS) is 11.9. The van der Waals surface area contributed by atoms with Gasteiger partial charge in [0, 0.05) is 12.1 Å². The number of rotatable bonds is 9. The Morgan fingerprint density at radius 1 is 1.03 bits per heavy atom. The first-order chi connectivity index (χ1) is 15.1. The minimum Gasteiger partial charge on any atom is -0.493 e. The Kier molecular flexibility index (Phi) is 8.09. The highest BCUT2D eigenvalue weighted by molar-refractivity contribution is 7.92. The van der Waals surface area contributed by atoms with E-state index in [0.717, 1.165) is 16.1 Å². The lowest BCUT2D eigenvalue weighted by molar-refractivity contribution is -0.117. The van der Waals surface area contributed by atoms with Crippen LogP contribution < -0.4 is 19.1 Å². The van der Waals surface area contributed by atoms with Crippen LogP contribution in [0.5, 0.6) is 11.5 Å². The molecule has 1 N–H and O–H groups in total. The first-order valence-electron chi connectivity index (χ1n) is 9.78. The van der Waals surface area contributed by atoms with E-state index in [1.165, 1.54) is 33.5 Å². The molecule has 174 valence electrons. The summed E-state index contributed by atoms with van der Waals surface area (Å²) in [5.41, 5.74) is 1.46. The molecule has 1 unspecified atom stereocenters. The number of methoxy groups -OCH3 is 3. The van der Waals surface area contributed by atoms with Crippen molar-refractivity contribution in [3.05, 3.63) is 47.5 Å². The maximum atomic E-state index is 13.2. The second kappa shape index (κ2) is 10.4. The number of carbonyl (C=O) groups is 2. The van der Waals surface area contributed by atoms with Crippen LogP contribution in [0.25, 0.3) is 0 Å². The number of ether oxygens (including phenoxy) is 3. The van der Waals surface area contributed by atoms with Gasteiger partial charge in [0.15, 0.2) is 11.5 Å². The number of esters is 1. The molecule has 32 heavy (non-hydrogen) atoms. The minimum atomic E-state index is -3.80. The van der Waals surface area contributed by atoms with Gasteiger partial charge in [0.05, 0.1) is 44.5 Å². The van der Waals surface area contributed by atoms with Crippen LogP contribution in [0, 0.1) is 6.92 Å². The number of nitrogens with zero attached hydrogens (tertiary/aromatic N) is 1. The van der Waals surface area contributed by atoms with Gasteiger partial charge in [-0.2, -0.15) is 0 Å². The summed E-state index contributed by atoms with van der Waals surface area (Å²) in [4.78, 5) is 25.5. The van der Waals surface area contributed by atoms with E-state index < -0.39 is 27.9 Å². The monoisotopic (exact) mass is 464 g/mol. The lowest BCUT2D eigenvalue weighted by Crippen LogP contribution is -2.47. The topological polar surface area (TPSA) is 111 Å². The molecule has 0 radical (unpaired) electrons. The van der Waals surface area contributed by atoms with Crippen molar-refractivity contribution >= 4 is 33.3 Å². The van der Waals surface area contributed by atoms with E-state index in [0.29, 0.717) is 5.69 Å². The summed E-state index contributed by atoms with van der Waals surface area (Å²) in [5, 5.41) is 2.66. The number of aryl methyl sites for hydroxylation is 1. The number of sulfonamides is 1. The van der Waals surface area contributed by atoms with Crippen molar-refractivity contribution in [2.24, 2.45) is 0 Å². The van der Waals surface area contributed by atoms with Gasteiger partial charge in [-0.25, -0.2) is 13.2 Å². The van der Waals surface area contributed by atoms with E-state index in [1.54, 1.807) is 31.2 Å². The van der Waals surface area contributed by atoms with Crippen LogP contribution in [-0.4, -0.2) is 53.9 Å². The van der Waals surface area contributed by atoms with Gasteiger partial charge in [0.1, 0.15) is 6.04 Å². The Hall–Kier alpha value is -3.27. The molecule has 2 aromatic rings. The molecule has 0 aliphatic carbocycles. The molecule has 0 heterocycles. The molecule has 0 aromatic heterocycles. The van der Waals surface area contributed by atoms with Crippen LogP contribution in [0.3, 0.4) is 0 Å². The summed E-state index contributed by atoms with van der Waals surface area (Å²) in [6.45, 7) is 3.58. The van der Waals surface area contributed by atoms with Gasteiger partial charge in [0.2, 0.25) is 15.9 Å². The van der Waals surface area contributed by atoms with Crippen LogP contribution in [-0.2, 0) is 19.6 Å². The molecule has 0 saturated carbocycles. The molecule has 0 aliphatic rings. The summed E-state index contributed by atoms with van der Waals surface area (Å²) in [6.07, 6.45) is 1.23. The third-order valence-electron chi connectivity index (χ3n) is 4.81. The lowest BCUT2D eigenvalue weighted by atomic mass is 10.1. The number of amides is 1. The van der Waals surface area contributed by atoms with E-state index in [4.69, 9.17) is 14.2 Å². The summed E-state index contributed by atoms with van der Waals surface area (Å²) < 4.78 is 41.6. The molecule has 1 amide bonds. The molecule has 2 rings (SSSR count). The predicted octanol–water partition coefficient (Wildman–Crippen LogP) is 2.98. The zero-order valence-corrected chi connectivity index (χ0v) is 19.8. The summed E-state index contributed by atoms with van der Waals surface area (Å²) >= 11 is 0. The smallest absolute Gasteiger partial charge is 0.340 e. The van der Waals surface area contributed by atoms with E-state index >= 15 is 0 Å². The van der Waals surface area contributed by atoms with E-state index in [2.05, 4.69) is 5.32 Å². The zero-order valence-electron chi connectivity index (χ0n) is 19.0. The van der Waals surface area contributed by atoms with Gasteiger partial charge in [-0.05, 0) is 25.5 Å². The summed E-state index contributed by atoms with van der Waals surface area (Å²) in [5.74, 6) is -0.763. The van der Waals surface area contributed by atoms with Crippen LogP contribution in [0.15, 0.2) is 36.4 Å². The molecule has 10 heteroatoms. The van der Waals surface area contributed by atoms with Crippen LogP contribution in [0.4, 0.5) is 11.4 Å². The Balaban J connectivity index is 2.52. The van der Waals surface area contributed by atoms with E-state index in [9.17, 15) is 18.0 Å². The lowest BCUT2D eigenvalue weighted by Gasteiger charge is -2.30. The van der Waals surface area contributed by atoms with E-state index in [-0.39, 0.29) is 29.2 Å². The van der Waals surface area contributed by atoms with Crippen molar-refractivity contribution in [1.29, 1.82) is 0 Å². The summed E-state index contributed by atoms with van der Waals surface area (Å²) in [7, 11) is 0.241. The van der Waals surface area contributed by atoms with Crippen LogP contribution in [0.1, 0.15) is 29.3 Å². The van der Waals surface area contributed by atoms with Crippen LogP contribution in [0.2, 0.25) is 0 Å². The van der Waals surface area contributed by atoms with Gasteiger partial charge in [-0.3, -0.25) is 9.10 Å². The molecule has 0 aliphatic heterocycles. The van der Waals surface area contributed by atoms with Crippen molar-refractivity contribution in [3.8, 4) is 11.5 Å². The highest BCUT2D eigenvalue weighted by Gasteiger charge is 2.32. The Labute approximate surface area is 188 Å². The molecular weight excluding hydrogens is 436 g/mol. The maximum absolute atomic E-state index is 13.2. The van der Waals surface area contributed by atoms with Crippen molar-refractivity contribution in [2.75, 3.05) is 37.2 Å². The second-order valence-electron chi connectivity index (χ2n) is 7.05. The average Bonchev–Trinajstić information content (AvgIpc) is 2.76. The minimum absolute atomic E-state index is 0.0367. The standard InChI is InChI=1S/C22H28N2O7S/c1-7-18(24(32(6,27)28)15-10-8-14(2)9-11-15)21(25)23-17-13-20(30-4)19(29-3)12-16(17)22(26)31-5/h8-13,18H,7H2,1-6H3,(H,23,25). The van der Waals surface area contributed by atoms with Gasteiger partial charge in [-0.1, -0.05) is 24.6 Å². The fourth-order valence-electron chi connectivity index (χ4n) is 3.23. The predicted molar refractivity (Wildman–Crippen MR) is 122 cm³/mol. The maximum Gasteiger partial charge on any atom is 0.340 e. The Morgan fingerprint density at radius 2 is 1.59 bits per heavy atom. The molecule has 0 spiro atoms. The molecule has 0 saturated heterocycles. The number of benzene rings is 2. The number of nitrogens with one attached hydrogen (secondary N) is 1. The number of hydrogen-bond donors (Lipinski definition) is 1. The third-order valence-corrected chi connectivity index (χ3v) is 5.98. The second-order valence-corrected chi connectivity index (χ2v) is 8.91. The van der Waals surface area contributed by atoms with Crippen LogP contribution >= 0.6 is 0 Å². The largest absolute Gasteiger partial charge is 0.493 e. The number of carbonyl (C=O) groups excluding carboxylic acids is 2. The van der Waals surface area contributed by atoms with Crippen molar-refractivity contribution in [3.63, 3.8) is 0 Å². The zero-order chi connectivity index (χ0) is 24.1. The average molecular weight is 465 g/mol. The van der Waals surface area contributed by atoms with Gasteiger partial charge in [-0.15, -0.1) is 0 Å². The van der Waals surface area contributed by atoms with Crippen molar-refractivity contribution in [1.82, 2.24) is 0 Å². The molecule has 2 aromatic carbocycles. The molecule has 0 fully saturated rings. The number of hydrogen-bond acceptors (Lipinski definition) is 7. The third kappa shape index (κ3) is 5.50. The number of anilines is 2. The first kappa shape index (κ1) is 25.0. The Morgan fingerprint density at radius 3 is 2.06 bits per heavy atom.